The number of fused-ring (bicyclic) bond motifs is 1. The summed E-state index contributed by atoms with van der Waals surface area (Å²) in [4.78, 5) is 12.3. The van der Waals surface area contributed by atoms with Crippen molar-refractivity contribution >= 4 is 12.0 Å². The van der Waals surface area contributed by atoms with Gasteiger partial charge in [-0.1, -0.05) is 32.1 Å². The maximum absolute atomic E-state index is 12.3. The molecule has 4 heteroatoms. The van der Waals surface area contributed by atoms with Gasteiger partial charge in [0.15, 0.2) is 0 Å². The van der Waals surface area contributed by atoms with E-state index in [1.54, 1.807) is 13.2 Å². The summed E-state index contributed by atoms with van der Waals surface area (Å²) in [5.74, 6) is 1.57. The zero-order chi connectivity index (χ0) is 18.9. The molecular weight excluding hydrogens is 326 g/mol. The standard InChI is InChI=1S/C20H21NO3.C2H6/c1-14-6-7-16-13-17(8-9-19(16)24-14)20(22)21-11-10-15-4-3-5-18(12-15)23-2;1-2/h3-9,12-14H,10-11H2,1-2H3,(H,21,22);1-2H3. The van der Waals surface area contributed by atoms with Crippen molar-refractivity contribution < 1.29 is 14.3 Å². The highest BCUT2D eigenvalue weighted by molar-refractivity contribution is 5.95. The lowest BCUT2D eigenvalue weighted by molar-refractivity contribution is 0.0954. The third kappa shape index (κ3) is 5.12. The van der Waals surface area contributed by atoms with Gasteiger partial charge < -0.3 is 14.8 Å². The van der Waals surface area contributed by atoms with Crippen LogP contribution in [0.1, 0.15) is 42.3 Å². The molecule has 26 heavy (non-hydrogen) atoms. The maximum Gasteiger partial charge on any atom is 0.251 e. The molecule has 4 nitrogen and oxygen atoms in total. The molecular formula is C22H27NO3. The zero-order valence-electron chi connectivity index (χ0n) is 15.9. The fourth-order valence-electron chi connectivity index (χ4n) is 2.66. The Balaban J connectivity index is 0.00000117. The number of carbonyl (C=O) groups excluding carboxylic acids is 1. The van der Waals surface area contributed by atoms with E-state index in [2.05, 4.69) is 5.32 Å². The highest BCUT2D eigenvalue weighted by atomic mass is 16.5. The Kier molecular flexibility index (Phi) is 7.27. The van der Waals surface area contributed by atoms with Gasteiger partial charge >= 0.3 is 0 Å². The number of amides is 1. The third-order valence-corrected chi connectivity index (χ3v) is 3.97. The van der Waals surface area contributed by atoms with Gasteiger partial charge in [0, 0.05) is 17.7 Å². The van der Waals surface area contributed by atoms with Crippen molar-refractivity contribution in [2.24, 2.45) is 0 Å². The van der Waals surface area contributed by atoms with Gasteiger partial charge in [0.1, 0.15) is 17.6 Å². The molecule has 1 aliphatic heterocycles. The summed E-state index contributed by atoms with van der Waals surface area (Å²) in [7, 11) is 1.65. The molecule has 0 bridgehead atoms. The molecule has 0 aliphatic carbocycles. The third-order valence-electron chi connectivity index (χ3n) is 3.97. The minimum Gasteiger partial charge on any atom is -0.497 e. The van der Waals surface area contributed by atoms with Crippen molar-refractivity contribution in [1.29, 1.82) is 0 Å². The van der Waals surface area contributed by atoms with E-state index < -0.39 is 0 Å². The number of rotatable bonds is 5. The fourth-order valence-corrected chi connectivity index (χ4v) is 2.66. The van der Waals surface area contributed by atoms with E-state index in [9.17, 15) is 4.79 Å². The molecule has 2 aromatic carbocycles. The lowest BCUT2D eigenvalue weighted by atomic mass is 10.1. The summed E-state index contributed by atoms with van der Waals surface area (Å²) >= 11 is 0. The van der Waals surface area contributed by atoms with Crippen LogP contribution in [0.5, 0.6) is 11.5 Å². The summed E-state index contributed by atoms with van der Waals surface area (Å²) in [6.07, 6.45) is 4.80. The fraction of sp³-hybridized carbons (Fsp3) is 0.318. The van der Waals surface area contributed by atoms with Gasteiger partial charge in [0.25, 0.3) is 5.91 Å². The number of carbonyl (C=O) groups is 1. The lowest BCUT2D eigenvalue weighted by Gasteiger charge is -2.18. The van der Waals surface area contributed by atoms with E-state index in [1.165, 1.54) is 0 Å². The molecule has 1 amide bonds. The van der Waals surface area contributed by atoms with Crippen LogP contribution in [0.25, 0.3) is 6.08 Å². The molecule has 0 saturated heterocycles. The number of benzene rings is 2. The normalized spacial score (nSPS) is 14.4. The number of methoxy groups -OCH3 is 1. The van der Waals surface area contributed by atoms with Crippen molar-refractivity contribution in [3.05, 3.63) is 65.2 Å². The van der Waals surface area contributed by atoms with Crippen molar-refractivity contribution in [3.63, 3.8) is 0 Å². The predicted octanol–water partition coefficient (Wildman–Crippen LogP) is 4.49. The minimum absolute atomic E-state index is 0.0695. The molecule has 0 saturated carbocycles. The monoisotopic (exact) mass is 353 g/mol. The Bertz CT molecular complexity index is 768. The summed E-state index contributed by atoms with van der Waals surface area (Å²) in [5.41, 5.74) is 2.71. The number of ether oxygens (including phenoxy) is 2. The largest absolute Gasteiger partial charge is 0.497 e. The second-order valence-electron chi connectivity index (χ2n) is 5.79. The second kappa shape index (κ2) is 9.66. The molecule has 0 radical (unpaired) electrons. The molecule has 1 heterocycles. The Hall–Kier alpha value is -2.75. The number of hydrogen-bond donors (Lipinski definition) is 1. The highest BCUT2D eigenvalue weighted by Crippen LogP contribution is 2.26. The first-order valence-electron chi connectivity index (χ1n) is 9.06. The maximum atomic E-state index is 12.3. The molecule has 138 valence electrons. The van der Waals surface area contributed by atoms with Gasteiger partial charge in [0.2, 0.25) is 0 Å². The van der Waals surface area contributed by atoms with Crippen LogP contribution >= 0.6 is 0 Å². The topological polar surface area (TPSA) is 47.6 Å². The van der Waals surface area contributed by atoms with E-state index in [0.717, 1.165) is 29.0 Å². The van der Waals surface area contributed by atoms with Crippen molar-refractivity contribution in [3.8, 4) is 11.5 Å². The van der Waals surface area contributed by atoms with Crippen molar-refractivity contribution in [2.45, 2.75) is 33.3 Å². The van der Waals surface area contributed by atoms with Crippen molar-refractivity contribution in [2.75, 3.05) is 13.7 Å². The van der Waals surface area contributed by atoms with Crippen LogP contribution in [0.4, 0.5) is 0 Å². The predicted molar refractivity (Wildman–Crippen MR) is 106 cm³/mol. The molecule has 0 fully saturated rings. The van der Waals surface area contributed by atoms with Crippen molar-refractivity contribution in [1.82, 2.24) is 5.32 Å². The van der Waals surface area contributed by atoms with Gasteiger partial charge in [-0.15, -0.1) is 0 Å². The molecule has 1 aliphatic rings. The average molecular weight is 353 g/mol. The first-order chi connectivity index (χ1) is 12.7. The lowest BCUT2D eigenvalue weighted by Crippen LogP contribution is -2.26. The van der Waals surface area contributed by atoms with Gasteiger partial charge in [-0.2, -0.15) is 0 Å². The molecule has 2 aromatic rings. The van der Waals surface area contributed by atoms with Crippen LogP contribution in [0.2, 0.25) is 0 Å². The SMILES string of the molecule is CC.COc1cccc(CCNC(=O)c2ccc3c(c2)C=CC(C)O3)c1. The van der Waals surface area contributed by atoms with E-state index in [0.29, 0.717) is 12.1 Å². The van der Waals surface area contributed by atoms with E-state index in [1.807, 2.05) is 69.3 Å². The highest BCUT2D eigenvalue weighted by Gasteiger charge is 2.13. The van der Waals surface area contributed by atoms with Crippen LogP contribution in [0.3, 0.4) is 0 Å². The Morgan fingerprint density at radius 3 is 2.77 bits per heavy atom. The quantitative estimate of drug-likeness (QED) is 0.862. The molecule has 3 rings (SSSR count). The number of nitrogens with one attached hydrogen (secondary N) is 1. The van der Waals surface area contributed by atoms with Crippen LogP contribution in [0.15, 0.2) is 48.5 Å². The molecule has 1 unspecified atom stereocenters. The van der Waals surface area contributed by atoms with Gasteiger partial charge in [-0.3, -0.25) is 4.79 Å². The summed E-state index contributed by atoms with van der Waals surface area (Å²) in [6, 6.07) is 13.4. The number of hydrogen-bond acceptors (Lipinski definition) is 3. The van der Waals surface area contributed by atoms with E-state index in [-0.39, 0.29) is 12.0 Å². The van der Waals surface area contributed by atoms with Gasteiger partial charge in [-0.25, -0.2) is 0 Å². The van der Waals surface area contributed by atoms with E-state index in [4.69, 9.17) is 9.47 Å². The summed E-state index contributed by atoms with van der Waals surface area (Å²) < 4.78 is 10.9. The minimum atomic E-state index is -0.0762. The summed E-state index contributed by atoms with van der Waals surface area (Å²) in [5, 5.41) is 2.96. The molecule has 0 spiro atoms. The summed E-state index contributed by atoms with van der Waals surface area (Å²) in [6.45, 7) is 6.56. The molecule has 1 atom stereocenters. The van der Waals surface area contributed by atoms with Crippen LogP contribution in [-0.4, -0.2) is 25.7 Å². The van der Waals surface area contributed by atoms with E-state index >= 15 is 0 Å². The van der Waals surface area contributed by atoms with Crippen LogP contribution in [0, 0.1) is 0 Å². The Morgan fingerprint density at radius 2 is 2.00 bits per heavy atom. The Labute approximate surface area is 155 Å². The molecule has 1 N–H and O–H groups in total. The van der Waals surface area contributed by atoms with Gasteiger partial charge in [-0.05, 0) is 55.3 Å². The smallest absolute Gasteiger partial charge is 0.251 e. The van der Waals surface area contributed by atoms with Crippen LogP contribution < -0.4 is 14.8 Å². The second-order valence-corrected chi connectivity index (χ2v) is 5.79. The van der Waals surface area contributed by atoms with Gasteiger partial charge in [0.05, 0.1) is 7.11 Å². The Morgan fingerprint density at radius 1 is 1.19 bits per heavy atom. The average Bonchev–Trinajstić information content (AvgIpc) is 2.69. The molecule has 0 aromatic heterocycles. The zero-order valence-corrected chi connectivity index (χ0v) is 15.9. The first-order valence-corrected chi connectivity index (χ1v) is 9.06. The first kappa shape index (κ1) is 19.6. The van der Waals surface area contributed by atoms with Crippen LogP contribution in [-0.2, 0) is 6.42 Å².